The second-order valence-electron chi connectivity index (χ2n) is 5.47. The summed E-state index contributed by atoms with van der Waals surface area (Å²) in [5, 5.41) is 0. The van der Waals surface area contributed by atoms with E-state index in [2.05, 4.69) is 16.6 Å². The topological polar surface area (TPSA) is 55.8 Å². The molecule has 1 aliphatic rings. The van der Waals surface area contributed by atoms with Gasteiger partial charge in [-0.2, -0.15) is 0 Å². The molecular weight excluding hydrogens is 246 g/mol. The van der Waals surface area contributed by atoms with Crippen LogP contribution in [0.5, 0.6) is 0 Å². The van der Waals surface area contributed by atoms with Crippen molar-refractivity contribution in [3.05, 3.63) is 0 Å². The Morgan fingerprint density at radius 1 is 1.37 bits per heavy atom. The lowest BCUT2D eigenvalue weighted by atomic mass is 10.1. The van der Waals surface area contributed by atoms with E-state index in [9.17, 15) is 9.59 Å². The maximum Gasteiger partial charge on any atom is 0.410 e. The van der Waals surface area contributed by atoms with Crippen molar-refractivity contribution in [3.8, 4) is 11.8 Å². The second-order valence-corrected chi connectivity index (χ2v) is 5.47. The lowest BCUT2D eigenvalue weighted by Crippen LogP contribution is -2.39. The van der Waals surface area contributed by atoms with Crippen molar-refractivity contribution < 1.29 is 19.1 Å². The summed E-state index contributed by atoms with van der Waals surface area (Å²) in [7, 11) is 1.29. The van der Waals surface area contributed by atoms with Gasteiger partial charge in [0.25, 0.3) is 0 Å². The third-order valence-corrected chi connectivity index (χ3v) is 2.72. The normalized spacial score (nSPS) is 18.5. The summed E-state index contributed by atoms with van der Waals surface area (Å²) in [6.07, 6.45) is 1.97. The van der Waals surface area contributed by atoms with Gasteiger partial charge in [-0.05, 0) is 33.6 Å². The van der Waals surface area contributed by atoms with Gasteiger partial charge in [0.05, 0.1) is 7.11 Å². The number of methoxy groups -OCH3 is 1. The Hall–Kier alpha value is -1.70. The Balaban J connectivity index is 2.56. The molecule has 5 nitrogen and oxygen atoms in total. The van der Waals surface area contributed by atoms with Gasteiger partial charge in [0.2, 0.25) is 0 Å². The molecule has 106 valence electrons. The first-order valence-electron chi connectivity index (χ1n) is 6.40. The highest BCUT2D eigenvalue weighted by molar-refractivity contribution is 5.88. The van der Waals surface area contributed by atoms with Crippen molar-refractivity contribution >= 4 is 12.1 Å². The molecule has 0 saturated carbocycles. The smallest absolute Gasteiger partial charge is 0.410 e. The van der Waals surface area contributed by atoms with Gasteiger partial charge >= 0.3 is 12.1 Å². The first-order chi connectivity index (χ1) is 8.83. The van der Waals surface area contributed by atoms with Gasteiger partial charge in [-0.25, -0.2) is 9.59 Å². The van der Waals surface area contributed by atoms with Gasteiger partial charge in [-0.15, -0.1) is 0 Å². The number of likely N-dealkylation sites (tertiary alicyclic amines) is 1. The van der Waals surface area contributed by atoms with Crippen LogP contribution >= 0.6 is 0 Å². The third-order valence-electron chi connectivity index (χ3n) is 2.72. The average Bonchev–Trinajstić information content (AvgIpc) is 2.75. The molecule has 0 unspecified atom stereocenters. The van der Waals surface area contributed by atoms with E-state index in [0.717, 1.165) is 12.8 Å². The first kappa shape index (κ1) is 15.4. The van der Waals surface area contributed by atoms with Gasteiger partial charge in [0.15, 0.2) is 0 Å². The van der Waals surface area contributed by atoms with Crippen LogP contribution in [-0.4, -0.2) is 42.3 Å². The molecule has 1 atom stereocenters. The largest absolute Gasteiger partial charge is 0.459 e. The van der Waals surface area contributed by atoms with Gasteiger partial charge in [-0.1, -0.05) is 5.92 Å². The van der Waals surface area contributed by atoms with Crippen LogP contribution in [0.25, 0.3) is 0 Å². The van der Waals surface area contributed by atoms with Crippen LogP contribution in [-0.2, 0) is 14.3 Å². The number of carbonyl (C=O) groups excluding carboxylic acids is 2. The predicted molar refractivity (Wildman–Crippen MR) is 70.4 cm³/mol. The fourth-order valence-electron chi connectivity index (χ4n) is 1.90. The number of hydrogen-bond acceptors (Lipinski definition) is 4. The highest BCUT2D eigenvalue weighted by Crippen LogP contribution is 2.22. The summed E-state index contributed by atoms with van der Waals surface area (Å²) in [6, 6.07) is 0.0204. The van der Waals surface area contributed by atoms with E-state index in [0.29, 0.717) is 13.0 Å². The second kappa shape index (κ2) is 6.46. The van der Waals surface area contributed by atoms with Gasteiger partial charge in [-0.3, -0.25) is 0 Å². The van der Waals surface area contributed by atoms with E-state index < -0.39 is 11.6 Å². The molecule has 1 amide bonds. The van der Waals surface area contributed by atoms with Crippen LogP contribution in [0.1, 0.15) is 40.0 Å². The maximum atomic E-state index is 12.0. The minimum atomic E-state index is -0.554. The van der Waals surface area contributed by atoms with Crippen LogP contribution in [0.4, 0.5) is 4.79 Å². The van der Waals surface area contributed by atoms with E-state index >= 15 is 0 Å². The van der Waals surface area contributed by atoms with Crippen molar-refractivity contribution in [1.29, 1.82) is 0 Å². The fraction of sp³-hybridized carbons (Fsp3) is 0.714. The van der Waals surface area contributed by atoms with Crippen molar-refractivity contribution in [1.82, 2.24) is 4.90 Å². The van der Waals surface area contributed by atoms with E-state index in [4.69, 9.17) is 4.74 Å². The van der Waals surface area contributed by atoms with Crippen LogP contribution in [0.15, 0.2) is 0 Å². The van der Waals surface area contributed by atoms with E-state index in [-0.39, 0.29) is 12.1 Å². The molecule has 19 heavy (non-hydrogen) atoms. The molecule has 1 heterocycles. The Labute approximate surface area is 114 Å². The summed E-state index contributed by atoms with van der Waals surface area (Å²) in [5.74, 6) is 4.57. The Kier molecular flexibility index (Phi) is 5.22. The zero-order chi connectivity index (χ0) is 14.5. The summed E-state index contributed by atoms with van der Waals surface area (Å²) >= 11 is 0. The molecule has 0 radical (unpaired) electrons. The number of amides is 1. The number of nitrogens with zero attached hydrogens (tertiary/aromatic N) is 1. The van der Waals surface area contributed by atoms with Crippen molar-refractivity contribution in [2.24, 2.45) is 0 Å². The van der Waals surface area contributed by atoms with Crippen molar-refractivity contribution in [3.63, 3.8) is 0 Å². The number of rotatable bonds is 1. The molecule has 0 aromatic rings. The number of hydrogen-bond donors (Lipinski definition) is 0. The van der Waals surface area contributed by atoms with Crippen LogP contribution in [0.2, 0.25) is 0 Å². The molecule has 0 bridgehead atoms. The molecule has 1 rings (SSSR count). The zero-order valence-corrected chi connectivity index (χ0v) is 12.0. The SMILES string of the molecule is COC(=O)C#CC[C@@H]1CCCN1C(=O)OC(C)(C)C. The Morgan fingerprint density at radius 2 is 2.05 bits per heavy atom. The maximum absolute atomic E-state index is 12.0. The van der Waals surface area contributed by atoms with Gasteiger partial charge in [0, 0.05) is 24.9 Å². The Morgan fingerprint density at radius 3 is 2.63 bits per heavy atom. The lowest BCUT2D eigenvalue weighted by Gasteiger charge is -2.27. The zero-order valence-electron chi connectivity index (χ0n) is 12.0. The molecule has 0 aliphatic carbocycles. The molecule has 1 aliphatic heterocycles. The molecule has 0 N–H and O–H groups in total. The van der Waals surface area contributed by atoms with Crippen LogP contribution in [0, 0.1) is 11.8 Å². The first-order valence-corrected chi connectivity index (χ1v) is 6.40. The minimum absolute atomic E-state index is 0.0204. The molecule has 1 fully saturated rings. The highest BCUT2D eigenvalue weighted by atomic mass is 16.6. The number of esters is 1. The predicted octanol–water partition coefficient (Wildman–Crippen LogP) is 1.95. The van der Waals surface area contributed by atoms with Crippen LogP contribution in [0.3, 0.4) is 0 Å². The third kappa shape index (κ3) is 5.21. The van der Waals surface area contributed by atoms with E-state index in [1.54, 1.807) is 4.90 Å². The quantitative estimate of drug-likeness (QED) is 0.414. The van der Waals surface area contributed by atoms with Crippen molar-refractivity contribution in [2.75, 3.05) is 13.7 Å². The van der Waals surface area contributed by atoms with Crippen molar-refractivity contribution in [2.45, 2.75) is 51.7 Å². The highest BCUT2D eigenvalue weighted by Gasteiger charge is 2.31. The van der Waals surface area contributed by atoms with E-state index in [1.807, 2.05) is 20.8 Å². The summed E-state index contributed by atoms with van der Waals surface area (Å²) in [4.78, 5) is 24.6. The molecule has 1 saturated heterocycles. The average molecular weight is 267 g/mol. The number of ether oxygens (including phenoxy) is 2. The number of carbonyl (C=O) groups is 2. The molecule has 0 aromatic heterocycles. The molecule has 0 aromatic carbocycles. The summed E-state index contributed by atoms with van der Waals surface area (Å²) < 4.78 is 9.78. The molecule has 0 spiro atoms. The summed E-state index contributed by atoms with van der Waals surface area (Å²) in [6.45, 7) is 6.20. The van der Waals surface area contributed by atoms with Gasteiger partial charge in [0.1, 0.15) is 5.60 Å². The lowest BCUT2D eigenvalue weighted by molar-refractivity contribution is -0.133. The monoisotopic (exact) mass is 267 g/mol. The standard InChI is InChI=1S/C14H21NO4/c1-14(2,3)19-13(17)15-10-6-8-11(15)7-5-9-12(16)18-4/h11H,6-8,10H2,1-4H3/t11-/m1/s1. The van der Waals surface area contributed by atoms with Crippen LogP contribution < -0.4 is 0 Å². The Bertz CT molecular complexity index is 400. The fourth-order valence-corrected chi connectivity index (χ4v) is 1.90. The molecule has 5 heteroatoms. The van der Waals surface area contributed by atoms with E-state index in [1.165, 1.54) is 7.11 Å². The van der Waals surface area contributed by atoms with Gasteiger partial charge < -0.3 is 14.4 Å². The molecular formula is C14H21NO4. The minimum Gasteiger partial charge on any atom is -0.459 e. The summed E-state index contributed by atoms with van der Waals surface area (Å²) in [5.41, 5.74) is -0.498.